The van der Waals surface area contributed by atoms with Crippen LogP contribution in [0.4, 0.5) is 0 Å². The number of carbonyl (C=O) groups excluding carboxylic acids is 3. The van der Waals surface area contributed by atoms with Crippen LogP contribution < -0.4 is 0 Å². The van der Waals surface area contributed by atoms with E-state index in [0.717, 1.165) is 10.0 Å². The van der Waals surface area contributed by atoms with Crippen molar-refractivity contribution in [1.82, 2.24) is 9.80 Å². The second-order valence-corrected chi connectivity index (χ2v) is 7.67. The van der Waals surface area contributed by atoms with Crippen molar-refractivity contribution in [1.29, 1.82) is 0 Å². The summed E-state index contributed by atoms with van der Waals surface area (Å²) in [5.74, 6) is -1.07. The maximum Gasteiger partial charge on any atom is 0.295 e. The van der Waals surface area contributed by atoms with Gasteiger partial charge < -0.3 is 9.80 Å². The molecule has 3 rings (SSSR count). The topological polar surface area (TPSA) is 57.7 Å². The zero-order valence-electron chi connectivity index (χ0n) is 15.3. The molecule has 0 bridgehead atoms. The molecule has 0 radical (unpaired) electrons. The van der Waals surface area contributed by atoms with Crippen LogP contribution in [-0.4, -0.2) is 53.1 Å². The second kappa shape index (κ2) is 8.05. The molecule has 140 valence electrons. The lowest BCUT2D eigenvalue weighted by molar-refractivity contribution is -0.130. The van der Waals surface area contributed by atoms with Gasteiger partial charge in [-0.1, -0.05) is 34.1 Å². The van der Waals surface area contributed by atoms with Crippen LogP contribution in [0.3, 0.4) is 0 Å². The number of rotatable bonds is 3. The third-order valence-electron chi connectivity index (χ3n) is 4.82. The number of ketones is 1. The summed E-state index contributed by atoms with van der Waals surface area (Å²) in [5, 5.41) is 0. The number of carbonyl (C=O) groups is 3. The van der Waals surface area contributed by atoms with Crippen LogP contribution in [0, 0.1) is 6.92 Å². The Hall–Kier alpha value is -2.47. The maximum atomic E-state index is 12.8. The predicted molar refractivity (Wildman–Crippen MR) is 107 cm³/mol. The van der Waals surface area contributed by atoms with E-state index in [1.807, 2.05) is 38.1 Å². The van der Waals surface area contributed by atoms with E-state index in [4.69, 9.17) is 0 Å². The predicted octanol–water partition coefficient (Wildman–Crippen LogP) is 3.31. The van der Waals surface area contributed by atoms with Crippen molar-refractivity contribution in [2.75, 3.05) is 19.6 Å². The maximum absolute atomic E-state index is 12.8. The Kier molecular flexibility index (Phi) is 5.75. The molecule has 0 aromatic heterocycles. The Bertz CT molecular complexity index is 882. The quantitative estimate of drug-likeness (QED) is 0.556. The minimum atomic E-state index is -0.514. The molecule has 0 N–H and O–H groups in total. The zero-order chi connectivity index (χ0) is 19.6. The molecule has 1 fully saturated rings. The van der Waals surface area contributed by atoms with Gasteiger partial charge in [-0.05, 0) is 49.7 Å². The van der Waals surface area contributed by atoms with Gasteiger partial charge in [0.2, 0.25) is 0 Å². The standard InChI is InChI=1S/C21H21BrN2O3/c1-14-12-17(22)8-9-18(14)19(25)21(27)24-11-10-23(13-15(24)2)20(26)16-6-4-3-5-7-16/h3-9,12,15H,10-11,13H2,1-2H3. The Labute approximate surface area is 167 Å². The fraction of sp³-hybridized carbons (Fsp3) is 0.286. The number of hydrogen-bond acceptors (Lipinski definition) is 3. The molecule has 0 saturated carbocycles. The van der Waals surface area contributed by atoms with Crippen LogP contribution in [0.5, 0.6) is 0 Å². The molecule has 27 heavy (non-hydrogen) atoms. The van der Waals surface area contributed by atoms with Gasteiger partial charge in [-0.15, -0.1) is 0 Å². The first-order valence-corrected chi connectivity index (χ1v) is 9.63. The summed E-state index contributed by atoms with van der Waals surface area (Å²) < 4.78 is 0.866. The van der Waals surface area contributed by atoms with Crippen molar-refractivity contribution in [3.63, 3.8) is 0 Å². The lowest BCUT2D eigenvalue weighted by Crippen LogP contribution is -2.56. The monoisotopic (exact) mass is 428 g/mol. The summed E-state index contributed by atoms with van der Waals surface area (Å²) in [5.41, 5.74) is 1.80. The van der Waals surface area contributed by atoms with Gasteiger partial charge in [0.1, 0.15) is 0 Å². The first-order chi connectivity index (χ1) is 12.9. The molecule has 1 aliphatic rings. The Morgan fingerprint density at radius 2 is 1.74 bits per heavy atom. The molecule has 1 unspecified atom stereocenters. The highest BCUT2D eigenvalue weighted by atomic mass is 79.9. The van der Waals surface area contributed by atoms with Crippen LogP contribution in [0.2, 0.25) is 0 Å². The third kappa shape index (κ3) is 4.11. The van der Waals surface area contributed by atoms with Gasteiger partial charge in [0.15, 0.2) is 0 Å². The fourth-order valence-corrected chi connectivity index (χ4v) is 3.81. The van der Waals surface area contributed by atoms with Gasteiger partial charge in [-0.25, -0.2) is 0 Å². The highest BCUT2D eigenvalue weighted by molar-refractivity contribution is 9.10. The highest BCUT2D eigenvalue weighted by Gasteiger charge is 2.33. The Balaban J connectivity index is 1.70. The number of hydrogen-bond donors (Lipinski definition) is 0. The number of Topliss-reactive ketones (excluding diaryl/α,β-unsaturated/α-hetero) is 1. The minimum absolute atomic E-state index is 0.0513. The third-order valence-corrected chi connectivity index (χ3v) is 5.32. The molecular formula is C21H21BrN2O3. The van der Waals surface area contributed by atoms with Crippen molar-refractivity contribution < 1.29 is 14.4 Å². The molecule has 1 aliphatic heterocycles. The average molecular weight is 429 g/mol. The van der Waals surface area contributed by atoms with Crippen LogP contribution in [-0.2, 0) is 4.79 Å². The summed E-state index contributed by atoms with van der Waals surface area (Å²) in [6, 6.07) is 14.1. The number of amides is 2. The van der Waals surface area contributed by atoms with Gasteiger partial charge in [0.25, 0.3) is 17.6 Å². The van der Waals surface area contributed by atoms with E-state index in [2.05, 4.69) is 15.9 Å². The van der Waals surface area contributed by atoms with Gasteiger partial charge in [0, 0.05) is 41.3 Å². The summed E-state index contributed by atoms with van der Waals surface area (Å²) in [6.45, 7) is 4.84. The number of aryl methyl sites for hydroxylation is 1. The molecule has 2 amide bonds. The molecule has 1 heterocycles. The Morgan fingerprint density at radius 3 is 2.37 bits per heavy atom. The largest absolute Gasteiger partial charge is 0.335 e. The Morgan fingerprint density at radius 1 is 1.04 bits per heavy atom. The molecule has 1 saturated heterocycles. The first kappa shape index (κ1) is 19.3. The second-order valence-electron chi connectivity index (χ2n) is 6.75. The summed E-state index contributed by atoms with van der Waals surface area (Å²) in [7, 11) is 0. The van der Waals surface area contributed by atoms with Crippen LogP contribution in [0.1, 0.15) is 33.2 Å². The van der Waals surface area contributed by atoms with Crippen LogP contribution in [0.15, 0.2) is 53.0 Å². The average Bonchev–Trinajstić information content (AvgIpc) is 2.67. The summed E-state index contributed by atoms with van der Waals surface area (Å²) in [4.78, 5) is 41.3. The van der Waals surface area contributed by atoms with E-state index < -0.39 is 11.7 Å². The minimum Gasteiger partial charge on any atom is -0.335 e. The highest BCUT2D eigenvalue weighted by Crippen LogP contribution is 2.19. The summed E-state index contributed by atoms with van der Waals surface area (Å²) >= 11 is 3.36. The van der Waals surface area contributed by atoms with E-state index in [-0.39, 0.29) is 11.9 Å². The normalized spacial score (nSPS) is 16.9. The van der Waals surface area contributed by atoms with Crippen molar-refractivity contribution in [3.8, 4) is 0 Å². The lowest BCUT2D eigenvalue weighted by Gasteiger charge is -2.39. The van der Waals surface area contributed by atoms with Gasteiger partial charge in [-0.3, -0.25) is 14.4 Å². The smallest absolute Gasteiger partial charge is 0.295 e. The molecular weight excluding hydrogens is 408 g/mol. The van der Waals surface area contributed by atoms with Crippen molar-refractivity contribution in [3.05, 3.63) is 69.7 Å². The number of piperazine rings is 1. The number of benzene rings is 2. The molecule has 2 aromatic rings. The number of nitrogens with zero attached hydrogens (tertiary/aromatic N) is 2. The number of halogens is 1. The van der Waals surface area contributed by atoms with Crippen LogP contribution in [0.25, 0.3) is 0 Å². The van der Waals surface area contributed by atoms with Crippen molar-refractivity contribution in [2.45, 2.75) is 19.9 Å². The first-order valence-electron chi connectivity index (χ1n) is 8.84. The van der Waals surface area contributed by atoms with E-state index in [0.29, 0.717) is 30.8 Å². The van der Waals surface area contributed by atoms with E-state index in [1.54, 1.807) is 34.1 Å². The lowest BCUT2D eigenvalue weighted by atomic mass is 10.0. The SMILES string of the molecule is Cc1cc(Br)ccc1C(=O)C(=O)N1CCN(C(=O)c2ccccc2)CC1C. The van der Waals surface area contributed by atoms with Crippen molar-refractivity contribution in [2.24, 2.45) is 0 Å². The fourth-order valence-electron chi connectivity index (χ4n) is 3.33. The molecule has 1 atom stereocenters. The van der Waals surface area contributed by atoms with E-state index in [9.17, 15) is 14.4 Å². The van der Waals surface area contributed by atoms with Gasteiger partial charge in [-0.2, -0.15) is 0 Å². The molecule has 0 aliphatic carbocycles. The zero-order valence-corrected chi connectivity index (χ0v) is 16.9. The van der Waals surface area contributed by atoms with Gasteiger partial charge >= 0.3 is 0 Å². The van der Waals surface area contributed by atoms with E-state index >= 15 is 0 Å². The molecule has 5 nitrogen and oxygen atoms in total. The van der Waals surface area contributed by atoms with Crippen LogP contribution >= 0.6 is 15.9 Å². The summed E-state index contributed by atoms with van der Waals surface area (Å²) in [6.07, 6.45) is 0. The molecule has 2 aromatic carbocycles. The molecule has 6 heteroatoms. The van der Waals surface area contributed by atoms with Gasteiger partial charge in [0.05, 0.1) is 0 Å². The molecule has 0 spiro atoms. The van der Waals surface area contributed by atoms with E-state index in [1.165, 1.54) is 0 Å². The van der Waals surface area contributed by atoms with Crippen molar-refractivity contribution >= 4 is 33.5 Å².